The zero-order chi connectivity index (χ0) is 17.8. The molecule has 1 aliphatic heterocycles. The normalized spacial score (nSPS) is 12.4. The Bertz CT molecular complexity index is 804. The number of fused-ring (bicyclic) bond motifs is 1. The summed E-state index contributed by atoms with van der Waals surface area (Å²) in [5, 5.41) is 2.68. The fourth-order valence-electron chi connectivity index (χ4n) is 2.69. The maximum Gasteiger partial charge on any atom is 0.253 e. The van der Waals surface area contributed by atoms with Crippen LogP contribution in [0.4, 0.5) is 5.69 Å². The molecule has 0 atom stereocenters. The average molecular weight is 340 g/mol. The first-order valence-electron chi connectivity index (χ1n) is 8.04. The number of anilines is 1. The molecule has 25 heavy (non-hydrogen) atoms. The zero-order valence-corrected chi connectivity index (χ0v) is 14.2. The van der Waals surface area contributed by atoms with Gasteiger partial charge in [0.05, 0.1) is 0 Å². The number of nitrogens with zero attached hydrogens (tertiary/aromatic N) is 1. The highest BCUT2D eigenvalue weighted by molar-refractivity contribution is 5.96. The summed E-state index contributed by atoms with van der Waals surface area (Å²) in [5.41, 5.74) is 2.08. The largest absolute Gasteiger partial charge is 0.486 e. The topological polar surface area (TPSA) is 67.9 Å². The highest BCUT2D eigenvalue weighted by Gasteiger charge is 2.16. The Hall–Kier alpha value is -3.02. The molecule has 0 saturated carbocycles. The summed E-state index contributed by atoms with van der Waals surface area (Å²) in [5.74, 6) is 1.14. The molecule has 0 bridgehead atoms. The maximum atomic E-state index is 12.6. The van der Waals surface area contributed by atoms with Crippen LogP contribution in [0.15, 0.2) is 42.5 Å². The van der Waals surface area contributed by atoms with Crippen molar-refractivity contribution in [3.05, 3.63) is 53.6 Å². The van der Waals surface area contributed by atoms with Crippen molar-refractivity contribution in [2.24, 2.45) is 0 Å². The minimum absolute atomic E-state index is 0.123. The van der Waals surface area contributed by atoms with E-state index in [1.54, 1.807) is 36.2 Å². The molecule has 2 aromatic rings. The Balaban J connectivity index is 1.71. The number of carbonyl (C=O) groups excluding carboxylic acids is 2. The molecule has 0 fully saturated rings. The van der Waals surface area contributed by atoms with Gasteiger partial charge in [0.1, 0.15) is 13.2 Å². The van der Waals surface area contributed by atoms with Gasteiger partial charge in [-0.25, -0.2) is 0 Å². The van der Waals surface area contributed by atoms with Gasteiger partial charge in [0.15, 0.2) is 11.5 Å². The standard InChI is InChI=1S/C19H20N2O4/c1-13(22)20-16-5-3-4-15(11-16)19(23)21(2)12-14-6-7-17-18(10-14)25-9-8-24-17/h3-7,10-11H,8-9,12H2,1-2H3,(H,20,22). The van der Waals surface area contributed by atoms with Crippen LogP contribution in [0.25, 0.3) is 0 Å². The number of nitrogens with one attached hydrogen (secondary N) is 1. The molecule has 1 aliphatic rings. The zero-order valence-electron chi connectivity index (χ0n) is 14.2. The molecule has 2 amide bonds. The van der Waals surface area contributed by atoms with E-state index >= 15 is 0 Å². The lowest BCUT2D eigenvalue weighted by Crippen LogP contribution is -2.26. The smallest absolute Gasteiger partial charge is 0.253 e. The van der Waals surface area contributed by atoms with Crippen LogP contribution >= 0.6 is 0 Å². The third-order valence-corrected chi connectivity index (χ3v) is 3.80. The first kappa shape index (κ1) is 16.8. The molecule has 2 aromatic carbocycles. The van der Waals surface area contributed by atoms with E-state index in [0.29, 0.717) is 36.8 Å². The molecule has 0 spiro atoms. The van der Waals surface area contributed by atoms with Crippen molar-refractivity contribution >= 4 is 17.5 Å². The second-order valence-corrected chi connectivity index (χ2v) is 5.90. The molecular formula is C19H20N2O4. The second-order valence-electron chi connectivity index (χ2n) is 5.90. The van der Waals surface area contributed by atoms with Crippen LogP contribution in [0.2, 0.25) is 0 Å². The minimum Gasteiger partial charge on any atom is -0.486 e. The molecule has 0 unspecified atom stereocenters. The van der Waals surface area contributed by atoms with Crippen molar-refractivity contribution < 1.29 is 19.1 Å². The molecule has 0 aromatic heterocycles. The third kappa shape index (κ3) is 4.09. The highest BCUT2D eigenvalue weighted by Crippen LogP contribution is 2.31. The van der Waals surface area contributed by atoms with Crippen molar-refractivity contribution in [3.63, 3.8) is 0 Å². The molecule has 130 valence electrons. The molecule has 6 nitrogen and oxygen atoms in total. The van der Waals surface area contributed by atoms with Crippen LogP contribution in [-0.2, 0) is 11.3 Å². The average Bonchev–Trinajstić information content (AvgIpc) is 2.60. The number of hydrogen-bond acceptors (Lipinski definition) is 4. The fraction of sp³-hybridized carbons (Fsp3) is 0.263. The summed E-state index contributed by atoms with van der Waals surface area (Å²) >= 11 is 0. The summed E-state index contributed by atoms with van der Waals surface area (Å²) in [7, 11) is 1.74. The number of benzene rings is 2. The van der Waals surface area contributed by atoms with Crippen molar-refractivity contribution in [2.75, 3.05) is 25.6 Å². The van der Waals surface area contributed by atoms with Gasteiger partial charge in [-0.15, -0.1) is 0 Å². The van der Waals surface area contributed by atoms with E-state index in [1.807, 2.05) is 18.2 Å². The lowest BCUT2D eigenvalue weighted by atomic mass is 10.1. The quantitative estimate of drug-likeness (QED) is 0.929. The van der Waals surface area contributed by atoms with Crippen LogP contribution in [0, 0.1) is 0 Å². The maximum absolute atomic E-state index is 12.6. The molecule has 1 N–H and O–H groups in total. The Morgan fingerprint density at radius 2 is 1.84 bits per heavy atom. The van der Waals surface area contributed by atoms with Crippen LogP contribution in [0.3, 0.4) is 0 Å². The van der Waals surface area contributed by atoms with Gasteiger partial charge in [0.25, 0.3) is 5.91 Å². The van der Waals surface area contributed by atoms with Gasteiger partial charge in [0, 0.05) is 31.8 Å². The number of hydrogen-bond donors (Lipinski definition) is 1. The summed E-state index contributed by atoms with van der Waals surface area (Å²) < 4.78 is 11.1. The Morgan fingerprint density at radius 3 is 2.60 bits per heavy atom. The SMILES string of the molecule is CC(=O)Nc1cccc(C(=O)N(C)Cc2ccc3c(c2)OCCO3)c1. The van der Waals surface area contributed by atoms with Crippen molar-refractivity contribution in [1.29, 1.82) is 0 Å². The van der Waals surface area contributed by atoms with E-state index in [0.717, 1.165) is 11.3 Å². The van der Waals surface area contributed by atoms with Crippen LogP contribution in [-0.4, -0.2) is 37.0 Å². The van der Waals surface area contributed by atoms with Crippen molar-refractivity contribution in [3.8, 4) is 11.5 Å². The van der Waals surface area contributed by atoms with E-state index in [1.165, 1.54) is 6.92 Å². The number of amides is 2. The molecule has 1 heterocycles. The van der Waals surface area contributed by atoms with E-state index in [4.69, 9.17) is 9.47 Å². The highest BCUT2D eigenvalue weighted by atomic mass is 16.6. The van der Waals surface area contributed by atoms with Gasteiger partial charge in [0.2, 0.25) is 5.91 Å². The summed E-state index contributed by atoms with van der Waals surface area (Å²) in [6.07, 6.45) is 0. The van der Waals surface area contributed by atoms with Gasteiger partial charge in [-0.2, -0.15) is 0 Å². The summed E-state index contributed by atoms with van der Waals surface area (Å²) in [6, 6.07) is 12.6. The third-order valence-electron chi connectivity index (χ3n) is 3.80. The molecule has 6 heteroatoms. The van der Waals surface area contributed by atoms with E-state index in [9.17, 15) is 9.59 Å². The lowest BCUT2D eigenvalue weighted by Gasteiger charge is -2.21. The van der Waals surface area contributed by atoms with Gasteiger partial charge < -0.3 is 19.7 Å². The summed E-state index contributed by atoms with van der Waals surface area (Å²) in [4.78, 5) is 25.4. The first-order chi connectivity index (χ1) is 12.0. The van der Waals surface area contributed by atoms with E-state index in [-0.39, 0.29) is 11.8 Å². The first-order valence-corrected chi connectivity index (χ1v) is 8.04. The van der Waals surface area contributed by atoms with Gasteiger partial charge in [-0.05, 0) is 35.9 Å². The summed E-state index contributed by atoms with van der Waals surface area (Å²) in [6.45, 7) is 2.96. The predicted molar refractivity (Wildman–Crippen MR) is 94.0 cm³/mol. The van der Waals surface area contributed by atoms with Gasteiger partial charge in [-0.3, -0.25) is 9.59 Å². The van der Waals surface area contributed by atoms with E-state index < -0.39 is 0 Å². The van der Waals surface area contributed by atoms with E-state index in [2.05, 4.69) is 5.32 Å². The second kappa shape index (κ2) is 7.25. The van der Waals surface area contributed by atoms with Crippen molar-refractivity contribution in [2.45, 2.75) is 13.5 Å². The van der Waals surface area contributed by atoms with Crippen molar-refractivity contribution in [1.82, 2.24) is 4.90 Å². The molecule has 3 rings (SSSR count). The van der Waals surface area contributed by atoms with Crippen LogP contribution < -0.4 is 14.8 Å². The van der Waals surface area contributed by atoms with Crippen LogP contribution in [0.5, 0.6) is 11.5 Å². The molecule has 0 saturated heterocycles. The van der Waals surface area contributed by atoms with Crippen LogP contribution in [0.1, 0.15) is 22.8 Å². The molecule has 0 radical (unpaired) electrons. The minimum atomic E-state index is -0.172. The molecule has 0 aliphatic carbocycles. The predicted octanol–water partition coefficient (Wildman–Crippen LogP) is 2.69. The number of carbonyl (C=O) groups is 2. The van der Waals surface area contributed by atoms with Gasteiger partial charge in [-0.1, -0.05) is 12.1 Å². The lowest BCUT2D eigenvalue weighted by molar-refractivity contribution is -0.114. The fourth-order valence-corrected chi connectivity index (χ4v) is 2.69. The Labute approximate surface area is 146 Å². The number of rotatable bonds is 4. The molecular weight excluding hydrogens is 320 g/mol. The Morgan fingerprint density at radius 1 is 1.08 bits per heavy atom. The number of ether oxygens (including phenoxy) is 2. The Kier molecular flexibility index (Phi) is 4.88. The monoisotopic (exact) mass is 340 g/mol. The van der Waals surface area contributed by atoms with Gasteiger partial charge >= 0.3 is 0 Å².